The molecule has 0 radical (unpaired) electrons. The van der Waals surface area contributed by atoms with Gasteiger partial charge in [-0.1, -0.05) is 37.6 Å². The summed E-state index contributed by atoms with van der Waals surface area (Å²) in [5.74, 6) is 2.59. The average molecular weight is 457 g/mol. The second-order valence-corrected chi connectivity index (χ2v) is 9.76. The monoisotopic (exact) mass is 456 g/mol. The topological polar surface area (TPSA) is 63.4 Å². The third-order valence-electron chi connectivity index (χ3n) is 7.16. The molecular weight excluding hydrogens is 419 g/mol. The summed E-state index contributed by atoms with van der Waals surface area (Å²) >= 11 is 0. The van der Waals surface area contributed by atoms with Crippen molar-refractivity contribution in [3.8, 4) is 11.5 Å². The second kappa shape index (κ2) is 11.4. The predicted molar refractivity (Wildman–Crippen MR) is 127 cm³/mol. The van der Waals surface area contributed by atoms with E-state index in [1.165, 1.54) is 11.6 Å². The number of benzene rings is 1. The van der Waals surface area contributed by atoms with Crippen LogP contribution in [0, 0.1) is 29.5 Å². The average Bonchev–Trinajstić information content (AvgIpc) is 3.27. The summed E-state index contributed by atoms with van der Waals surface area (Å²) < 4.78 is 25.3. The molecule has 4 rings (SSSR count). The molecule has 0 unspecified atom stereocenters. The fourth-order valence-corrected chi connectivity index (χ4v) is 5.13. The Labute approximate surface area is 196 Å². The van der Waals surface area contributed by atoms with Crippen molar-refractivity contribution in [1.82, 2.24) is 20.4 Å². The van der Waals surface area contributed by atoms with Gasteiger partial charge >= 0.3 is 0 Å². The van der Waals surface area contributed by atoms with Crippen LogP contribution in [0.4, 0.5) is 4.39 Å². The van der Waals surface area contributed by atoms with E-state index in [-0.39, 0.29) is 11.7 Å². The van der Waals surface area contributed by atoms with Crippen LogP contribution in [-0.4, -0.2) is 61.0 Å². The van der Waals surface area contributed by atoms with E-state index in [1.54, 1.807) is 18.2 Å². The Kier molecular flexibility index (Phi) is 8.28. The van der Waals surface area contributed by atoms with E-state index < -0.39 is 0 Å². The molecule has 180 valence electrons. The Bertz CT molecular complexity index is 923. The highest BCUT2D eigenvalue weighted by Crippen LogP contribution is 2.38. The summed E-state index contributed by atoms with van der Waals surface area (Å²) in [5.41, 5.74) is 1.74. The Morgan fingerprint density at radius 2 is 1.97 bits per heavy atom. The number of allylic oxidation sites excluding steroid dienone is 1. The van der Waals surface area contributed by atoms with E-state index in [0.29, 0.717) is 41.5 Å². The third kappa shape index (κ3) is 6.28. The molecule has 1 saturated heterocycles. The third-order valence-corrected chi connectivity index (χ3v) is 7.16. The Morgan fingerprint density at radius 3 is 2.73 bits per heavy atom. The number of aromatic nitrogens is 2. The second-order valence-electron chi connectivity index (χ2n) is 9.76. The molecule has 2 aromatic rings. The van der Waals surface area contributed by atoms with E-state index >= 15 is 0 Å². The van der Waals surface area contributed by atoms with Crippen LogP contribution in [0.2, 0.25) is 0 Å². The molecule has 1 aromatic heterocycles. The summed E-state index contributed by atoms with van der Waals surface area (Å²) in [6.45, 7) is 13.7. The van der Waals surface area contributed by atoms with Gasteiger partial charge in [-0.15, -0.1) is 10.2 Å². The molecule has 1 fully saturated rings. The van der Waals surface area contributed by atoms with Crippen molar-refractivity contribution in [2.75, 3.05) is 45.9 Å². The first-order valence-corrected chi connectivity index (χ1v) is 12.3. The molecule has 33 heavy (non-hydrogen) atoms. The largest absolute Gasteiger partial charge is 0.421 e. The van der Waals surface area contributed by atoms with Crippen molar-refractivity contribution >= 4 is 0 Å². The lowest BCUT2D eigenvalue weighted by Gasteiger charge is -2.37. The lowest BCUT2D eigenvalue weighted by atomic mass is 9.70. The van der Waals surface area contributed by atoms with Crippen LogP contribution >= 0.6 is 0 Å². The van der Waals surface area contributed by atoms with E-state index in [1.807, 2.05) is 0 Å². The first-order chi connectivity index (χ1) is 16.0. The highest BCUT2D eigenvalue weighted by atomic mass is 19.1. The van der Waals surface area contributed by atoms with Gasteiger partial charge in [-0.2, -0.15) is 0 Å². The number of rotatable bonds is 9. The maximum Gasteiger partial charge on any atom is 0.250 e. The molecule has 7 heteroatoms. The summed E-state index contributed by atoms with van der Waals surface area (Å²) in [6, 6.07) is 6.52. The van der Waals surface area contributed by atoms with Crippen LogP contribution in [0.3, 0.4) is 0 Å². The van der Waals surface area contributed by atoms with Crippen LogP contribution in [0.1, 0.15) is 33.1 Å². The van der Waals surface area contributed by atoms with Crippen molar-refractivity contribution < 1.29 is 13.5 Å². The van der Waals surface area contributed by atoms with E-state index in [0.717, 1.165) is 52.4 Å². The molecule has 2 heterocycles. The standard InChI is InChI=1S/C26H37FN4O2/c1-18(2)23-15-20(16-25-29-30-26(33-25)22-6-4-5-7-24(22)27)19(3)14-21(23)17-28-8-9-31-10-12-32-13-11-31/h4-7,14,18,20-21,23,28H,8-13,15-17H2,1-3H3/t20-,21-,23-/m0/s1. The highest BCUT2D eigenvalue weighted by molar-refractivity contribution is 5.53. The molecule has 0 saturated carbocycles. The van der Waals surface area contributed by atoms with Crippen molar-refractivity contribution in [3.63, 3.8) is 0 Å². The lowest BCUT2D eigenvalue weighted by Crippen LogP contribution is -2.42. The molecule has 0 spiro atoms. The summed E-state index contributed by atoms with van der Waals surface area (Å²) in [6.07, 6.45) is 4.26. The van der Waals surface area contributed by atoms with Gasteiger partial charge in [-0.05, 0) is 49.1 Å². The molecule has 1 N–H and O–H groups in total. The van der Waals surface area contributed by atoms with Gasteiger partial charge in [0.05, 0.1) is 18.8 Å². The molecule has 1 aliphatic carbocycles. The van der Waals surface area contributed by atoms with Gasteiger partial charge in [-0.3, -0.25) is 4.90 Å². The SMILES string of the molecule is CC1=C[C@@H](CNCCN2CCOCC2)[C@H](C(C)C)C[C@H]1Cc1nnc(-c2ccccc2F)o1. The van der Waals surface area contributed by atoms with Crippen LogP contribution in [0.5, 0.6) is 0 Å². The van der Waals surface area contributed by atoms with Crippen molar-refractivity contribution in [2.24, 2.45) is 23.7 Å². The Morgan fingerprint density at radius 1 is 1.18 bits per heavy atom. The Hall–Kier alpha value is -2.09. The van der Waals surface area contributed by atoms with Crippen LogP contribution in [0.15, 0.2) is 40.3 Å². The quantitative estimate of drug-likeness (QED) is 0.451. The summed E-state index contributed by atoms with van der Waals surface area (Å²) in [7, 11) is 0. The molecule has 0 amide bonds. The minimum absolute atomic E-state index is 0.253. The number of nitrogens with zero attached hydrogens (tertiary/aromatic N) is 3. The zero-order valence-corrected chi connectivity index (χ0v) is 20.1. The van der Waals surface area contributed by atoms with Crippen molar-refractivity contribution in [3.05, 3.63) is 47.6 Å². The zero-order valence-electron chi connectivity index (χ0n) is 20.1. The van der Waals surface area contributed by atoms with Gasteiger partial charge in [0.15, 0.2) is 0 Å². The first-order valence-electron chi connectivity index (χ1n) is 12.3. The molecule has 2 aliphatic rings. The number of hydrogen-bond donors (Lipinski definition) is 1. The minimum atomic E-state index is -0.342. The molecule has 0 bridgehead atoms. The van der Waals surface area contributed by atoms with Gasteiger partial charge in [0.2, 0.25) is 5.89 Å². The first kappa shape index (κ1) is 24.0. The fraction of sp³-hybridized carbons (Fsp3) is 0.615. The van der Waals surface area contributed by atoms with Crippen LogP contribution < -0.4 is 5.32 Å². The Balaban J connectivity index is 1.35. The van der Waals surface area contributed by atoms with Crippen molar-refractivity contribution in [1.29, 1.82) is 0 Å². The van der Waals surface area contributed by atoms with E-state index in [4.69, 9.17) is 9.15 Å². The molecule has 3 atom stereocenters. The summed E-state index contributed by atoms with van der Waals surface area (Å²) in [4.78, 5) is 2.47. The zero-order chi connectivity index (χ0) is 23.2. The van der Waals surface area contributed by atoms with Gasteiger partial charge in [0.25, 0.3) is 5.89 Å². The van der Waals surface area contributed by atoms with Gasteiger partial charge in [-0.25, -0.2) is 4.39 Å². The smallest absolute Gasteiger partial charge is 0.250 e. The van der Waals surface area contributed by atoms with Gasteiger partial charge in [0.1, 0.15) is 5.82 Å². The lowest BCUT2D eigenvalue weighted by molar-refractivity contribution is 0.0382. The number of morpholine rings is 1. The van der Waals surface area contributed by atoms with Gasteiger partial charge in [0, 0.05) is 39.1 Å². The highest BCUT2D eigenvalue weighted by Gasteiger charge is 2.32. The number of hydrogen-bond acceptors (Lipinski definition) is 6. The normalized spacial score (nSPS) is 24.3. The van der Waals surface area contributed by atoms with E-state index in [9.17, 15) is 4.39 Å². The molecule has 6 nitrogen and oxygen atoms in total. The van der Waals surface area contributed by atoms with E-state index in [2.05, 4.69) is 47.3 Å². The van der Waals surface area contributed by atoms with Gasteiger partial charge < -0.3 is 14.5 Å². The minimum Gasteiger partial charge on any atom is -0.421 e. The molecule has 1 aromatic carbocycles. The predicted octanol–water partition coefficient (Wildman–Crippen LogP) is 4.19. The van der Waals surface area contributed by atoms with Crippen LogP contribution in [0.25, 0.3) is 11.5 Å². The van der Waals surface area contributed by atoms with Crippen molar-refractivity contribution in [2.45, 2.75) is 33.6 Å². The number of ether oxygens (including phenoxy) is 1. The fourth-order valence-electron chi connectivity index (χ4n) is 5.13. The van der Waals surface area contributed by atoms with Crippen LogP contribution in [-0.2, 0) is 11.2 Å². The maximum absolute atomic E-state index is 14.1. The maximum atomic E-state index is 14.1. The number of nitrogens with one attached hydrogen (secondary N) is 1. The molecule has 1 aliphatic heterocycles. The number of halogens is 1. The molecular formula is C26H37FN4O2. The summed E-state index contributed by atoms with van der Waals surface area (Å²) in [5, 5.41) is 12.0.